The van der Waals surface area contributed by atoms with Crippen molar-refractivity contribution in [1.82, 2.24) is 0 Å². The molecule has 0 aliphatic carbocycles. The number of hydrogen-bond acceptors (Lipinski definition) is 3. The standard InChI is InChI=1S/C13H10ClF2NO3S/c1-20-9-3-4-10(14)12(7-9)17-21(18,19)13-5-2-8(15)6-11(13)16/h2-7,17H,1H3. The number of rotatable bonds is 4. The molecule has 0 bridgehead atoms. The van der Waals surface area contributed by atoms with Gasteiger partial charge in [0.2, 0.25) is 0 Å². The first-order valence-electron chi connectivity index (χ1n) is 5.65. The zero-order chi connectivity index (χ0) is 15.6. The van der Waals surface area contributed by atoms with Crippen molar-refractivity contribution < 1.29 is 21.9 Å². The Morgan fingerprint density at radius 1 is 1.14 bits per heavy atom. The van der Waals surface area contributed by atoms with Crippen molar-refractivity contribution in [1.29, 1.82) is 0 Å². The number of ether oxygens (including phenoxy) is 1. The lowest BCUT2D eigenvalue weighted by atomic mass is 10.3. The van der Waals surface area contributed by atoms with Gasteiger partial charge < -0.3 is 4.74 Å². The summed E-state index contributed by atoms with van der Waals surface area (Å²) in [6.45, 7) is 0. The van der Waals surface area contributed by atoms with E-state index in [1.165, 1.54) is 19.2 Å². The van der Waals surface area contributed by atoms with Gasteiger partial charge in [0.1, 0.15) is 22.3 Å². The van der Waals surface area contributed by atoms with Crippen LogP contribution in [0.3, 0.4) is 0 Å². The molecule has 0 atom stereocenters. The largest absolute Gasteiger partial charge is 0.497 e. The first kappa shape index (κ1) is 15.5. The fourth-order valence-corrected chi connectivity index (χ4v) is 2.95. The SMILES string of the molecule is COc1ccc(Cl)c(NS(=O)(=O)c2ccc(F)cc2F)c1. The topological polar surface area (TPSA) is 55.4 Å². The molecule has 0 saturated carbocycles. The van der Waals surface area contributed by atoms with E-state index in [-0.39, 0.29) is 10.7 Å². The second kappa shape index (κ2) is 5.87. The molecule has 1 N–H and O–H groups in total. The fraction of sp³-hybridized carbons (Fsp3) is 0.0769. The summed E-state index contributed by atoms with van der Waals surface area (Å²) in [5.74, 6) is -1.69. The minimum absolute atomic E-state index is 0.0275. The van der Waals surface area contributed by atoms with Crippen molar-refractivity contribution in [2.24, 2.45) is 0 Å². The first-order chi connectivity index (χ1) is 9.83. The Hall–Kier alpha value is -1.86. The maximum absolute atomic E-state index is 13.6. The molecule has 112 valence electrons. The van der Waals surface area contributed by atoms with Gasteiger partial charge in [-0.1, -0.05) is 11.6 Å². The van der Waals surface area contributed by atoms with Crippen LogP contribution in [0.4, 0.5) is 14.5 Å². The second-order valence-electron chi connectivity index (χ2n) is 4.03. The van der Waals surface area contributed by atoms with Crippen LogP contribution in [0.5, 0.6) is 5.75 Å². The highest BCUT2D eigenvalue weighted by atomic mass is 35.5. The molecular weight excluding hydrogens is 324 g/mol. The van der Waals surface area contributed by atoms with Crippen LogP contribution in [0.15, 0.2) is 41.3 Å². The molecular formula is C13H10ClF2NO3S. The quantitative estimate of drug-likeness (QED) is 0.932. The van der Waals surface area contributed by atoms with E-state index in [9.17, 15) is 17.2 Å². The van der Waals surface area contributed by atoms with Crippen LogP contribution in [0.1, 0.15) is 0 Å². The van der Waals surface area contributed by atoms with Gasteiger partial charge in [-0.05, 0) is 24.3 Å². The van der Waals surface area contributed by atoms with Crippen molar-refractivity contribution in [2.75, 3.05) is 11.8 Å². The third kappa shape index (κ3) is 3.43. The Morgan fingerprint density at radius 2 is 1.86 bits per heavy atom. The van der Waals surface area contributed by atoms with Crippen LogP contribution >= 0.6 is 11.6 Å². The number of nitrogens with one attached hydrogen (secondary N) is 1. The summed E-state index contributed by atoms with van der Waals surface area (Å²) < 4.78 is 57.7. The molecule has 0 unspecified atom stereocenters. The van der Waals surface area contributed by atoms with E-state index in [4.69, 9.17) is 16.3 Å². The van der Waals surface area contributed by atoms with Gasteiger partial charge in [-0.15, -0.1) is 0 Å². The number of halogens is 3. The maximum atomic E-state index is 13.6. The molecule has 0 aliphatic rings. The third-order valence-electron chi connectivity index (χ3n) is 2.60. The van der Waals surface area contributed by atoms with Gasteiger partial charge in [-0.3, -0.25) is 4.72 Å². The van der Waals surface area contributed by atoms with Crippen LogP contribution in [0, 0.1) is 11.6 Å². The Morgan fingerprint density at radius 3 is 2.48 bits per heavy atom. The Balaban J connectivity index is 2.42. The molecule has 0 aliphatic heterocycles. The zero-order valence-corrected chi connectivity index (χ0v) is 12.3. The van der Waals surface area contributed by atoms with Crippen LogP contribution in [-0.4, -0.2) is 15.5 Å². The van der Waals surface area contributed by atoms with Gasteiger partial charge in [0.25, 0.3) is 10.0 Å². The lowest BCUT2D eigenvalue weighted by Gasteiger charge is -2.11. The fourth-order valence-electron chi connectivity index (χ4n) is 1.60. The van der Waals surface area contributed by atoms with Gasteiger partial charge in [0, 0.05) is 12.1 Å². The maximum Gasteiger partial charge on any atom is 0.264 e. The van der Waals surface area contributed by atoms with Crippen molar-refractivity contribution in [3.05, 3.63) is 53.1 Å². The molecule has 21 heavy (non-hydrogen) atoms. The van der Waals surface area contributed by atoms with Gasteiger partial charge in [0.05, 0.1) is 17.8 Å². The number of hydrogen-bond donors (Lipinski definition) is 1. The predicted octanol–water partition coefficient (Wildman–Crippen LogP) is 3.43. The lowest BCUT2D eigenvalue weighted by molar-refractivity contribution is 0.415. The van der Waals surface area contributed by atoms with Crippen LogP contribution in [0.2, 0.25) is 5.02 Å². The van der Waals surface area contributed by atoms with Gasteiger partial charge in [0.15, 0.2) is 0 Å². The highest BCUT2D eigenvalue weighted by Crippen LogP contribution is 2.29. The molecule has 0 fully saturated rings. The van der Waals surface area contributed by atoms with E-state index in [2.05, 4.69) is 4.72 Å². The molecule has 2 aromatic rings. The van der Waals surface area contributed by atoms with Crippen molar-refractivity contribution in [3.8, 4) is 5.75 Å². The zero-order valence-electron chi connectivity index (χ0n) is 10.7. The average molecular weight is 334 g/mol. The summed E-state index contributed by atoms with van der Waals surface area (Å²) in [5.41, 5.74) is 0.0275. The van der Waals surface area contributed by atoms with Gasteiger partial charge in [-0.25, -0.2) is 17.2 Å². The second-order valence-corrected chi connectivity index (χ2v) is 6.08. The molecule has 0 heterocycles. The van der Waals surface area contributed by atoms with Crippen LogP contribution in [0.25, 0.3) is 0 Å². The monoisotopic (exact) mass is 333 g/mol. The Bertz CT molecular complexity index is 781. The third-order valence-corrected chi connectivity index (χ3v) is 4.33. The molecule has 0 radical (unpaired) electrons. The summed E-state index contributed by atoms with van der Waals surface area (Å²) in [5, 5.41) is 0.113. The highest BCUT2D eigenvalue weighted by molar-refractivity contribution is 7.92. The Kier molecular flexibility index (Phi) is 4.34. The molecule has 0 amide bonds. The molecule has 0 spiro atoms. The minimum atomic E-state index is -4.24. The number of benzene rings is 2. The molecule has 8 heteroatoms. The van der Waals surface area contributed by atoms with E-state index in [0.29, 0.717) is 11.8 Å². The number of anilines is 1. The van der Waals surface area contributed by atoms with Crippen LogP contribution < -0.4 is 9.46 Å². The van der Waals surface area contributed by atoms with Crippen molar-refractivity contribution >= 4 is 27.3 Å². The summed E-state index contributed by atoms with van der Waals surface area (Å²) in [7, 11) is -2.84. The number of methoxy groups -OCH3 is 1. The lowest BCUT2D eigenvalue weighted by Crippen LogP contribution is -2.15. The molecule has 4 nitrogen and oxygen atoms in total. The summed E-state index contributed by atoms with van der Waals surface area (Å²) >= 11 is 5.88. The normalized spacial score (nSPS) is 11.2. The molecule has 0 aromatic heterocycles. The smallest absolute Gasteiger partial charge is 0.264 e. The predicted molar refractivity (Wildman–Crippen MR) is 75.2 cm³/mol. The number of sulfonamides is 1. The van der Waals surface area contributed by atoms with Crippen LogP contribution in [-0.2, 0) is 10.0 Å². The highest BCUT2D eigenvalue weighted by Gasteiger charge is 2.21. The van der Waals surface area contributed by atoms with E-state index in [1.807, 2.05) is 0 Å². The minimum Gasteiger partial charge on any atom is -0.497 e. The molecule has 0 saturated heterocycles. The summed E-state index contributed by atoms with van der Waals surface area (Å²) in [6, 6.07) is 6.49. The van der Waals surface area contributed by atoms with Crippen molar-refractivity contribution in [2.45, 2.75) is 4.90 Å². The summed E-state index contributed by atoms with van der Waals surface area (Å²) in [6.07, 6.45) is 0. The average Bonchev–Trinajstić information content (AvgIpc) is 2.40. The van der Waals surface area contributed by atoms with E-state index in [0.717, 1.165) is 12.1 Å². The van der Waals surface area contributed by atoms with E-state index >= 15 is 0 Å². The van der Waals surface area contributed by atoms with E-state index < -0.39 is 26.6 Å². The first-order valence-corrected chi connectivity index (χ1v) is 7.51. The Labute approximate surface area is 125 Å². The van der Waals surface area contributed by atoms with E-state index in [1.54, 1.807) is 6.07 Å². The summed E-state index contributed by atoms with van der Waals surface area (Å²) in [4.78, 5) is -0.678. The molecule has 2 rings (SSSR count). The van der Waals surface area contributed by atoms with Gasteiger partial charge in [-0.2, -0.15) is 0 Å². The molecule has 2 aromatic carbocycles. The van der Waals surface area contributed by atoms with Crippen molar-refractivity contribution in [3.63, 3.8) is 0 Å². The van der Waals surface area contributed by atoms with Gasteiger partial charge >= 0.3 is 0 Å².